The van der Waals surface area contributed by atoms with Gasteiger partial charge in [-0.2, -0.15) is 0 Å². The molecule has 1 amide bonds. The molecule has 1 heterocycles. The topological polar surface area (TPSA) is 95.9 Å². The number of hydrogen-bond acceptors (Lipinski definition) is 4. The summed E-state index contributed by atoms with van der Waals surface area (Å²) in [5, 5.41) is 20.9. The first-order chi connectivity index (χ1) is 8.97. The van der Waals surface area contributed by atoms with Crippen LogP contribution in [0, 0.1) is 6.92 Å². The number of aromatic hydroxyl groups is 1. The predicted molar refractivity (Wildman–Crippen MR) is 67.0 cm³/mol. The number of carboxylic acid groups (broad SMARTS) is 1. The zero-order valence-electron chi connectivity index (χ0n) is 10.4. The molecule has 0 spiro atoms. The SMILES string of the molecule is Cc1ccc(NC(=O)C2CCC(C(=O)O)O2)cc1O. The summed E-state index contributed by atoms with van der Waals surface area (Å²) in [5.74, 6) is -1.36. The van der Waals surface area contributed by atoms with Crippen molar-refractivity contribution in [2.75, 3.05) is 5.32 Å². The molecule has 0 radical (unpaired) electrons. The molecule has 1 saturated heterocycles. The molecule has 102 valence electrons. The highest BCUT2D eigenvalue weighted by Crippen LogP contribution is 2.24. The summed E-state index contributed by atoms with van der Waals surface area (Å²) >= 11 is 0. The first-order valence-corrected chi connectivity index (χ1v) is 5.96. The highest BCUT2D eigenvalue weighted by Gasteiger charge is 2.34. The van der Waals surface area contributed by atoms with Gasteiger partial charge in [0, 0.05) is 11.8 Å². The third-order valence-electron chi connectivity index (χ3n) is 3.06. The maximum Gasteiger partial charge on any atom is 0.332 e. The summed E-state index contributed by atoms with van der Waals surface area (Å²) in [4.78, 5) is 22.6. The van der Waals surface area contributed by atoms with Crippen LogP contribution in [0.25, 0.3) is 0 Å². The number of aliphatic carboxylic acids is 1. The molecule has 1 fully saturated rings. The molecule has 1 aromatic carbocycles. The highest BCUT2D eigenvalue weighted by atomic mass is 16.5. The Kier molecular flexibility index (Phi) is 3.71. The fourth-order valence-corrected chi connectivity index (χ4v) is 1.92. The fraction of sp³-hybridized carbons (Fsp3) is 0.385. The van der Waals surface area contributed by atoms with E-state index in [0.29, 0.717) is 24.1 Å². The van der Waals surface area contributed by atoms with E-state index in [-0.39, 0.29) is 5.75 Å². The maximum absolute atomic E-state index is 11.9. The summed E-state index contributed by atoms with van der Waals surface area (Å²) in [6.45, 7) is 1.75. The number of nitrogens with one attached hydrogen (secondary N) is 1. The van der Waals surface area contributed by atoms with Crippen LogP contribution in [-0.4, -0.2) is 34.3 Å². The largest absolute Gasteiger partial charge is 0.508 e. The normalized spacial score (nSPS) is 22.2. The molecule has 2 rings (SSSR count). The van der Waals surface area contributed by atoms with Crippen molar-refractivity contribution < 1.29 is 24.5 Å². The van der Waals surface area contributed by atoms with Gasteiger partial charge in [0.05, 0.1) is 0 Å². The number of carboxylic acids is 1. The van der Waals surface area contributed by atoms with Crippen LogP contribution in [0.1, 0.15) is 18.4 Å². The number of aryl methyl sites for hydroxylation is 1. The Labute approximate surface area is 110 Å². The lowest BCUT2D eigenvalue weighted by molar-refractivity contribution is -0.150. The standard InChI is InChI=1S/C13H15NO5/c1-7-2-3-8(6-9(7)15)14-12(16)10-4-5-11(19-10)13(17)18/h2-3,6,10-11,15H,4-5H2,1H3,(H,14,16)(H,17,18). The zero-order valence-corrected chi connectivity index (χ0v) is 10.4. The molecular formula is C13H15NO5. The first kappa shape index (κ1) is 13.4. The van der Waals surface area contributed by atoms with Gasteiger partial charge in [-0.15, -0.1) is 0 Å². The first-order valence-electron chi connectivity index (χ1n) is 5.96. The zero-order chi connectivity index (χ0) is 14.0. The lowest BCUT2D eigenvalue weighted by Crippen LogP contribution is -2.29. The van der Waals surface area contributed by atoms with E-state index in [9.17, 15) is 14.7 Å². The van der Waals surface area contributed by atoms with E-state index in [1.807, 2.05) is 0 Å². The number of rotatable bonds is 3. The Morgan fingerprint density at radius 3 is 2.58 bits per heavy atom. The summed E-state index contributed by atoms with van der Waals surface area (Å²) in [7, 11) is 0. The summed E-state index contributed by atoms with van der Waals surface area (Å²) in [6.07, 6.45) is -0.973. The molecule has 2 unspecified atom stereocenters. The van der Waals surface area contributed by atoms with Crippen LogP contribution >= 0.6 is 0 Å². The van der Waals surface area contributed by atoms with Crippen LogP contribution in [0.2, 0.25) is 0 Å². The maximum atomic E-state index is 11.9. The minimum Gasteiger partial charge on any atom is -0.508 e. The van der Waals surface area contributed by atoms with Gasteiger partial charge in [0.15, 0.2) is 6.10 Å². The molecule has 1 aromatic rings. The number of phenolic OH excluding ortho intramolecular Hbond substituents is 1. The minimum absolute atomic E-state index is 0.0913. The van der Waals surface area contributed by atoms with Crippen LogP contribution in [0.15, 0.2) is 18.2 Å². The molecule has 0 saturated carbocycles. The van der Waals surface area contributed by atoms with Crippen molar-refractivity contribution in [3.05, 3.63) is 23.8 Å². The van der Waals surface area contributed by atoms with Crippen LogP contribution < -0.4 is 5.32 Å². The second-order valence-electron chi connectivity index (χ2n) is 4.52. The van der Waals surface area contributed by atoms with Crippen molar-refractivity contribution in [2.45, 2.75) is 32.0 Å². The second kappa shape index (κ2) is 5.27. The molecule has 1 aliphatic heterocycles. The monoisotopic (exact) mass is 265 g/mol. The van der Waals surface area contributed by atoms with Crippen molar-refractivity contribution in [1.29, 1.82) is 0 Å². The number of carbonyl (C=O) groups is 2. The molecule has 2 atom stereocenters. The lowest BCUT2D eigenvalue weighted by Gasteiger charge is -2.12. The smallest absolute Gasteiger partial charge is 0.332 e. The van der Waals surface area contributed by atoms with E-state index >= 15 is 0 Å². The van der Waals surface area contributed by atoms with E-state index in [1.165, 1.54) is 6.07 Å². The molecule has 19 heavy (non-hydrogen) atoms. The predicted octanol–water partition coefficient (Wildman–Crippen LogP) is 1.27. The number of hydrogen-bond donors (Lipinski definition) is 3. The van der Waals surface area contributed by atoms with Crippen LogP contribution in [-0.2, 0) is 14.3 Å². The second-order valence-corrected chi connectivity index (χ2v) is 4.52. The molecular weight excluding hydrogens is 250 g/mol. The summed E-state index contributed by atoms with van der Waals surface area (Å²) in [6, 6.07) is 4.79. The van der Waals surface area contributed by atoms with E-state index in [1.54, 1.807) is 19.1 Å². The average molecular weight is 265 g/mol. The molecule has 6 nitrogen and oxygen atoms in total. The van der Waals surface area contributed by atoms with Crippen molar-refractivity contribution in [1.82, 2.24) is 0 Å². The van der Waals surface area contributed by atoms with E-state index in [2.05, 4.69) is 5.32 Å². The Morgan fingerprint density at radius 1 is 1.32 bits per heavy atom. The van der Waals surface area contributed by atoms with Gasteiger partial charge in [-0.05, 0) is 31.4 Å². The Bertz CT molecular complexity index is 514. The van der Waals surface area contributed by atoms with Gasteiger partial charge in [0.2, 0.25) is 0 Å². The Hall–Kier alpha value is -2.08. The van der Waals surface area contributed by atoms with Crippen LogP contribution in [0.5, 0.6) is 5.75 Å². The van der Waals surface area contributed by atoms with Gasteiger partial charge >= 0.3 is 5.97 Å². The Morgan fingerprint density at radius 2 is 2.00 bits per heavy atom. The van der Waals surface area contributed by atoms with Crippen molar-refractivity contribution >= 4 is 17.6 Å². The lowest BCUT2D eigenvalue weighted by atomic mass is 10.1. The quantitative estimate of drug-likeness (QED) is 0.765. The van der Waals surface area contributed by atoms with Crippen LogP contribution in [0.4, 0.5) is 5.69 Å². The number of carbonyl (C=O) groups excluding carboxylic acids is 1. The molecule has 0 bridgehead atoms. The minimum atomic E-state index is -1.05. The van der Waals surface area contributed by atoms with Crippen molar-refractivity contribution in [2.24, 2.45) is 0 Å². The Balaban J connectivity index is 1.98. The summed E-state index contributed by atoms with van der Waals surface area (Å²) < 4.78 is 5.14. The molecule has 1 aliphatic rings. The van der Waals surface area contributed by atoms with Crippen LogP contribution in [0.3, 0.4) is 0 Å². The van der Waals surface area contributed by atoms with Crippen molar-refractivity contribution in [3.8, 4) is 5.75 Å². The third-order valence-corrected chi connectivity index (χ3v) is 3.06. The molecule has 3 N–H and O–H groups in total. The fourth-order valence-electron chi connectivity index (χ4n) is 1.92. The van der Waals surface area contributed by atoms with Gasteiger partial charge in [-0.3, -0.25) is 4.79 Å². The number of benzene rings is 1. The van der Waals surface area contributed by atoms with Gasteiger partial charge in [0.25, 0.3) is 5.91 Å². The number of amides is 1. The average Bonchev–Trinajstić information content (AvgIpc) is 2.83. The number of ether oxygens (including phenoxy) is 1. The van der Waals surface area contributed by atoms with E-state index in [0.717, 1.165) is 0 Å². The van der Waals surface area contributed by atoms with Gasteiger partial charge < -0.3 is 20.3 Å². The van der Waals surface area contributed by atoms with Gasteiger partial charge in [-0.1, -0.05) is 6.07 Å². The molecule has 0 aromatic heterocycles. The number of anilines is 1. The van der Waals surface area contributed by atoms with Crippen molar-refractivity contribution in [3.63, 3.8) is 0 Å². The van der Waals surface area contributed by atoms with E-state index < -0.39 is 24.1 Å². The van der Waals surface area contributed by atoms with Gasteiger partial charge in [-0.25, -0.2) is 4.79 Å². The summed E-state index contributed by atoms with van der Waals surface area (Å²) in [5.41, 5.74) is 1.16. The molecule has 6 heteroatoms. The number of phenols is 1. The molecule has 0 aliphatic carbocycles. The highest BCUT2D eigenvalue weighted by molar-refractivity contribution is 5.95. The third kappa shape index (κ3) is 3.03. The van der Waals surface area contributed by atoms with E-state index in [4.69, 9.17) is 9.84 Å². The van der Waals surface area contributed by atoms with Gasteiger partial charge in [0.1, 0.15) is 11.9 Å².